The van der Waals surface area contributed by atoms with E-state index in [-0.39, 0.29) is 36.2 Å². The molecule has 0 aliphatic rings. The van der Waals surface area contributed by atoms with Crippen molar-refractivity contribution in [1.82, 2.24) is 0 Å². The number of hydrogen-bond donors (Lipinski definition) is 2. The van der Waals surface area contributed by atoms with Crippen LogP contribution in [0.1, 0.15) is 142 Å². The molecule has 0 aliphatic carbocycles. The van der Waals surface area contributed by atoms with Gasteiger partial charge in [-0.25, -0.2) is 0 Å². The Hall–Kier alpha value is -1.68. The zero-order valence-corrected chi connectivity index (χ0v) is 28.1. The summed E-state index contributed by atoms with van der Waals surface area (Å²) in [6.07, 6.45) is 29.3. The van der Waals surface area contributed by atoms with Gasteiger partial charge in [0.1, 0.15) is 19.9 Å². The van der Waals surface area contributed by atoms with Gasteiger partial charge >= 0.3 is 19.3 Å². The molecule has 0 amide bonds. The van der Waals surface area contributed by atoms with Gasteiger partial charge in [0.05, 0.1) is 14.1 Å². The van der Waals surface area contributed by atoms with Gasteiger partial charge in [-0.15, -0.1) is 0 Å². The Morgan fingerprint density at radius 3 is 1.60 bits per heavy atom. The molecule has 2 N–H and O–H groups in total. The van der Waals surface area contributed by atoms with Crippen LogP contribution in [-0.4, -0.2) is 73.9 Å². The van der Waals surface area contributed by atoms with E-state index < -0.39 is 13.4 Å². The van der Waals surface area contributed by atoms with Crippen LogP contribution in [-0.2, 0) is 23.7 Å². The van der Waals surface area contributed by atoms with Crippen LogP contribution in [0.2, 0.25) is 0 Å². The topological polar surface area (TPSA) is 102 Å². The Morgan fingerprint density at radius 2 is 1.12 bits per heavy atom. The number of hydrogen-bond acceptors (Lipinski definition) is 7. The van der Waals surface area contributed by atoms with E-state index in [1.54, 1.807) is 0 Å². The molecular formula is C34H65BNO7. The summed E-state index contributed by atoms with van der Waals surface area (Å²) in [4.78, 5) is 25.0. The lowest BCUT2D eigenvalue weighted by molar-refractivity contribution is -0.909. The number of allylic oxidation sites excluding steroid dienone is 4. The summed E-state index contributed by atoms with van der Waals surface area (Å²) in [5.41, 5.74) is 0. The molecule has 0 aromatic rings. The van der Waals surface area contributed by atoms with E-state index in [1.165, 1.54) is 77.0 Å². The first-order chi connectivity index (χ1) is 20.7. The Labute approximate surface area is 264 Å². The van der Waals surface area contributed by atoms with Crippen molar-refractivity contribution in [3.63, 3.8) is 0 Å². The van der Waals surface area contributed by atoms with Gasteiger partial charge in [0, 0.05) is 12.8 Å². The largest absolute Gasteiger partial charge is 0.581 e. The van der Waals surface area contributed by atoms with Crippen LogP contribution in [0.3, 0.4) is 0 Å². The van der Waals surface area contributed by atoms with Crippen molar-refractivity contribution >= 4 is 19.3 Å². The maximum absolute atomic E-state index is 12.6. The molecule has 251 valence electrons. The predicted octanol–water partition coefficient (Wildman–Crippen LogP) is 7.42. The van der Waals surface area contributed by atoms with Gasteiger partial charge in [-0.3, -0.25) is 9.59 Å². The monoisotopic (exact) mass is 610 g/mol. The van der Waals surface area contributed by atoms with Crippen molar-refractivity contribution in [2.75, 3.05) is 34.0 Å². The molecule has 1 unspecified atom stereocenters. The number of carbonyl (C=O) groups is 2. The van der Waals surface area contributed by atoms with Gasteiger partial charge in [0.15, 0.2) is 6.10 Å². The third kappa shape index (κ3) is 30.1. The van der Waals surface area contributed by atoms with Crippen molar-refractivity contribution < 1.29 is 38.2 Å². The number of likely N-dealkylation sites (N-methyl/N-ethyl adjacent to an activating group) is 1. The van der Waals surface area contributed by atoms with E-state index in [1.807, 2.05) is 14.1 Å². The minimum absolute atomic E-state index is 0.00582. The molecule has 0 fully saturated rings. The quantitative estimate of drug-likeness (QED) is 0.0218. The lowest BCUT2D eigenvalue weighted by Crippen LogP contribution is -2.50. The summed E-state index contributed by atoms with van der Waals surface area (Å²) in [5, 5.41) is 18.1. The van der Waals surface area contributed by atoms with E-state index >= 15 is 0 Å². The second-order valence-corrected chi connectivity index (χ2v) is 12.4. The zero-order chi connectivity index (χ0) is 32.0. The van der Waals surface area contributed by atoms with Crippen molar-refractivity contribution in [3.05, 3.63) is 24.3 Å². The van der Waals surface area contributed by atoms with Crippen LogP contribution < -0.4 is 0 Å². The fourth-order valence-electron chi connectivity index (χ4n) is 4.78. The van der Waals surface area contributed by atoms with Crippen LogP contribution in [0.4, 0.5) is 0 Å². The maximum atomic E-state index is 12.6. The molecule has 0 heterocycles. The zero-order valence-electron chi connectivity index (χ0n) is 28.1. The van der Waals surface area contributed by atoms with Crippen molar-refractivity contribution in [2.45, 2.75) is 148 Å². The second kappa shape index (κ2) is 29.1. The molecule has 1 atom stereocenters. The van der Waals surface area contributed by atoms with Gasteiger partial charge in [-0.1, -0.05) is 102 Å². The number of nitrogens with zero attached hydrogens (tertiary/aromatic N) is 1. The predicted molar refractivity (Wildman–Crippen MR) is 176 cm³/mol. The fourth-order valence-corrected chi connectivity index (χ4v) is 4.78. The SMILES string of the molecule is CCCCCCCC/C=C/CCCC(=O)OCC(C[N+](C)(C)CO[B-](O)O)OC(=O)CCC/C=C/CCCCCCCC. The minimum Gasteiger partial charge on any atom is -0.581 e. The molecule has 9 heteroatoms. The molecule has 43 heavy (non-hydrogen) atoms. The molecule has 0 rings (SSSR count). The van der Waals surface area contributed by atoms with E-state index in [0.29, 0.717) is 25.8 Å². The highest BCUT2D eigenvalue weighted by Crippen LogP contribution is 2.11. The number of carbonyl (C=O) groups excluding carboxylic acids is 2. The second-order valence-electron chi connectivity index (χ2n) is 12.4. The molecule has 0 aromatic carbocycles. The van der Waals surface area contributed by atoms with Crippen molar-refractivity contribution in [1.29, 1.82) is 0 Å². The van der Waals surface area contributed by atoms with Crippen LogP contribution in [0, 0.1) is 0 Å². The van der Waals surface area contributed by atoms with Crippen LogP contribution in [0.5, 0.6) is 0 Å². The Kier molecular flexibility index (Phi) is 27.9. The van der Waals surface area contributed by atoms with E-state index in [2.05, 4.69) is 38.2 Å². The highest BCUT2D eigenvalue weighted by atomic mass is 16.6. The molecule has 0 saturated heterocycles. The van der Waals surface area contributed by atoms with Gasteiger partial charge in [0.2, 0.25) is 0 Å². The molecule has 1 radical (unpaired) electrons. The van der Waals surface area contributed by atoms with Crippen molar-refractivity contribution in [3.8, 4) is 0 Å². The van der Waals surface area contributed by atoms with E-state index in [4.69, 9.17) is 24.2 Å². The third-order valence-corrected chi connectivity index (χ3v) is 7.28. The molecule has 0 saturated carbocycles. The normalized spacial score (nSPS) is 12.9. The minimum atomic E-state index is -1.88. The first kappa shape index (κ1) is 41.3. The van der Waals surface area contributed by atoms with Crippen molar-refractivity contribution in [2.24, 2.45) is 0 Å². The Morgan fingerprint density at radius 1 is 0.674 bits per heavy atom. The standard InChI is InChI=1S/C34H65BNO7/c1-5-7-9-11-13-15-17-19-21-23-25-27-33(37)41-30-32(29-36(3,4)31-42-35(39)40)43-34(38)28-26-24-22-20-18-16-14-12-10-8-6-2/h19-22,32,39-40H,5-18,23-31H2,1-4H3/b21-19+,22-20+. The average Bonchev–Trinajstić information content (AvgIpc) is 2.96. The average molecular weight is 611 g/mol. The van der Waals surface area contributed by atoms with Gasteiger partial charge in [-0.2, -0.15) is 0 Å². The molecular weight excluding hydrogens is 545 g/mol. The summed E-state index contributed by atoms with van der Waals surface area (Å²) in [6.45, 7) is 4.71. The Bertz CT molecular complexity index is 728. The first-order valence-corrected chi connectivity index (χ1v) is 17.1. The van der Waals surface area contributed by atoms with Gasteiger partial charge in [-0.05, 0) is 51.4 Å². The van der Waals surface area contributed by atoms with Crippen LogP contribution >= 0.6 is 0 Å². The fraction of sp³-hybridized carbons (Fsp3) is 0.824. The lowest BCUT2D eigenvalue weighted by Gasteiger charge is -2.35. The number of rotatable bonds is 30. The summed E-state index contributed by atoms with van der Waals surface area (Å²) >= 11 is 0. The third-order valence-electron chi connectivity index (χ3n) is 7.28. The van der Waals surface area contributed by atoms with Crippen LogP contribution in [0.25, 0.3) is 0 Å². The number of quaternary nitrogens is 1. The summed E-state index contributed by atoms with van der Waals surface area (Å²) in [5.74, 6) is -0.641. The van der Waals surface area contributed by atoms with Gasteiger partial charge < -0.3 is 28.7 Å². The van der Waals surface area contributed by atoms with E-state index in [0.717, 1.165) is 25.7 Å². The molecule has 0 aliphatic heterocycles. The number of esters is 2. The highest BCUT2D eigenvalue weighted by molar-refractivity contribution is 6.32. The molecule has 8 nitrogen and oxygen atoms in total. The smallest absolute Gasteiger partial charge is 0.306 e. The maximum Gasteiger partial charge on any atom is 0.306 e. The van der Waals surface area contributed by atoms with Gasteiger partial charge in [0.25, 0.3) is 0 Å². The summed E-state index contributed by atoms with van der Waals surface area (Å²) in [6, 6.07) is 0. The summed E-state index contributed by atoms with van der Waals surface area (Å²) in [7, 11) is 1.75. The first-order valence-electron chi connectivity index (χ1n) is 17.1. The van der Waals surface area contributed by atoms with Crippen LogP contribution in [0.15, 0.2) is 24.3 Å². The molecule has 0 spiro atoms. The highest BCUT2D eigenvalue weighted by Gasteiger charge is 2.26. The number of unbranched alkanes of at least 4 members (excludes halogenated alkanes) is 14. The molecule has 0 aromatic heterocycles. The summed E-state index contributed by atoms with van der Waals surface area (Å²) < 4.78 is 16.3. The van der Waals surface area contributed by atoms with E-state index in [9.17, 15) is 9.59 Å². The lowest BCUT2D eigenvalue weighted by atomic mass is 10.1. The Balaban J connectivity index is 4.43. The molecule has 0 bridgehead atoms. The number of ether oxygens (including phenoxy) is 2.